The predicted molar refractivity (Wildman–Crippen MR) is 76.7 cm³/mol. The van der Waals surface area contributed by atoms with Gasteiger partial charge < -0.3 is 5.32 Å². The van der Waals surface area contributed by atoms with E-state index < -0.39 is 11.7 Å². The topological polar surface area (TPSA) is 12.0 Å². The van der Waals surface area contributed by atoms with Gasteiger partial charge in [0, 0.05) is 6.04 Å². The van der Waals surface area contributed by atoms with Crippen LogP contribution in [-0.2, 0) is 12.6 Å². The van der Waals surface area contributed by atoms with Gasteiger partial charge in [-0.15, -0.1) is 0 Å². The standard InChI is InChI=1S/C16H24F3N/c1-4-10-20-15(12(3)5-2)11-13-6-8-14(9-7-13)16(17,18)19/h6-9,12,15,20H,4-5,10-11H2,1-3H3. The van der Waals surface area contributed by atoms with E-state index in [-0.39, 0.29) is 0 Å². The Morgan fingerprint density at radius 1 is 1.10 bits per heavy atom. The van der Waals surface area contributed by atoms with E-state index in [4.69, 9.17) is 0 Å². The summed E-state index contributed by atoms with van der Waals surface area (Å²) >= 11 is 0. The summed E-state index contributed by atoms with van der Waals surface area (Å²) in [5.74, 6) is 0.504. The van der Waals surface area contributed by atoms with Crippen molar-refractivity contribution in [3.05, 3.63) is 35.4 Å². The molecule has 0 aromatic heterocycles. The molecule has 1 N–H and O–H groups in total. The molecule has 1 aromatic rings. The van der Waals surface area contributed by atoms with Gasteiger partial charge in [-0.05, 0) is 43.0 Å². The highest BCUT2D eigenvalue weighted by Gasteiger charge is 2.30. The molecule has 1 nitrogen and oxygen atoms in total. The van der Waals surface area contributed by atoms with Crippen molar-refractivity contribution in [3.63, 3.8) is 0 Å². The number of alkyl halides is 3. The molecule has 4 heteroatoms. The van der Waals surface area contributed by atoms with E-state index in [1.165, 1.54) is 12.1 Å². The average Bonchev–Trinajstić information content (AvgIpc) is 2.42. The average molecular weight is 287 g/mol. The van der Waals surface area contributed by atoms with Gasteiger partial charge in [-0.2, -0.15) is 13.2 Å². The predicted octanol–water partition coefficient (Wildman–Crippen LogP) is 4.66. The second kappa shape index (κ2) is 7.67. The van der Waals surface area contributed by atoms with Crippen LogP contribution >= 0.6 is 0 Å². The summed E-state index contributed by atoms with van der Waals surface area (Å²) in [6.07, 6.45) is -1.37. The van der Waals surface area contributed by atoms with Crippen LogP contribution in [0.1, 0.15) is 44.7 Å². The van der Waals surface area contributed by atoms with Gasteiger partial charge in [0.1, 0.15) is 0 Å². The number of hydrogen-bond donors (Lipinski definition) is 1. The van der Waals surface area contributed by atoms with Crippen molar-refractivity contribution in [2.24, 2.45) is 5.92 Å². The molecule has 20 heavy (non-hydrogen) atoms. The third kappa shape index (κ3) is 5.16. The molecule has 0 aliphatic rings. The second-order valence-corrected chi connectivity index (χ2v) is 5.34. The van der Waals surface area contributed by atoms with Crippen molar-refractivity contribution in [2.45, 2.75) is 52.3 Å². The third-order valence-corrected chi connectivity index (χ3v) is 3.72. The summed E-state index contributed by atoms with van der Waals surface area (Å²) in [7, 11) is 0. The van der Waals surface area contributed by atoms with Crippen LogP contribution in [-0.4, -0.2) is 12.6 Å². The van der Waals surface area contributed by atoms with E-state index in [2.05, 4.69) is 26.1 Å². The molecule has 1 rings (SSSR count). The lowest BCUT2D eigenvalue weighted by Gasteiger charge is -2.24. The zero-order chi connectivity index (χ0) is 15.2. The minimum atomic E-state index is -4.25. The maximum atomic E-state index is 12.5. The van der Waals surface area contributed by atoms with Crippen molar-refractivity contribution >= 4 is 0 Å². The van der Waals surface area contributed by atoms with Crippen LogP contribution in [0.2, 0.25) is 0 Å². The normalized spacial score (nSPS) is 15.1. The minimum Gasteiger partial charge on any atom is -0.313 e. The first-order chi connectivity index (χ1) is 9.38. The number of hydrogen-bond acceptors (Lipinski definition) is 1. The lowest BCUT2D eigenvalue weighted by Crippen LogP contribution is -2.37. The van der Waals surface area contributed by atoms with Crippen LogP contribution in [0.15, 0.2) is 24.3 Å². The molecular formula is C16H24F3N. The van der Waals surface area contributed by atoms with Gasteiger partial charge in [-0.3, -0.25) is 0 Å². The summed E-state index contributed by atoms with van der Waals surface area (Å²) in [6.45, 7) is 7.36. The van der Waals surface area contributed by atoms with E-state index in [0.29, 0.717) is 12.0 Å². The largest absolute Gasteiger partial charge is 0.416 e. The lowest BCUT2D eigenvalue weighted by atomic mass is 9.92. The number of halogens is 3. The molecule has 1 aromatic carbocycles. The molecule has 0 aliphatic carbocycles. The Morgan fingerprint density at radius 2 is 1.70 bits per heavy atom. The highest BCUT2D eigenvalue weighted by atomic mass is 19.4. The smallest absolute Gasteiger partial charge is 0.313 e. The van der Waals surface area contributed by atoms with Gasteiger partial charge in [-0.1, -0.05) is 39.3 Å². The van der Waals surface area contributed by atoms with Crippen molar-refractivity contribution < 1.29 is 13.2 Å². The fraction of sp³-hybridized carbons (Fsp3) is 0.625. The Labute approximate surface area is 119 Å². The minimum absolute atomic E-state index is 0.316. The van der Waals surface area contributed by atoms with Crippen LogP contribution in [0.5, 0.6) is 0 Å². The fourth-order valence-corrected chi connectivity index (χ4v) is 2.17. The highest BCUT2D eigenvalue weighted by molar-refractivity contribution is 5.25. The van der Waals surface area contributed by atoms with Crippen molar-refractivity contribution in [3.8, 4) is 0 Å². The summed E-state index contributed by atoms with van der Waals surface area (Å²) < 4.78 is 37.6. The number of nitrogens with one attached hydrogen (secondary N) is 1. The molecule has 0 fully saturated rings. The van der Waals surface area contributed by atoms with Gasteiger partial charge >= 0.3 is 6.18 Å². The van der Waals surface area contributed by atoms with E-state index in [1.807, 2.05) is 0 Å². The lowest BCUT2D eigenvalue weighted by molar-refractivity contribution is -0.137. The van der Waals surface area contributed by atoms with Crippen LogP contribution in [0.25, 0.3) is 0 Å². The Bertz CT molecular complexity index is 384. The monoisotopic (exact) mass is 287 g/mol. The van der Waals surface area contributed by atoms with Gasteiger partial charge in [0.25, 0.3) is 0 Å². The summed E-state index contributed by atoms with van der Waals surface area (Å²) in [5, 5.41) is 3.49. The Morgan fingerprint density at radius 3 is 2.15 bits per heavy atom. The first-order valence-corrected chi connectivity index (χ1v) is 7.28. The molecular weight excluding hydrogens is 263 g/mol. The molecule has 0 saturated heterocycles. The third-order valence-electron chi connectivity index (χ3n) is 3.72. The van der Waals surface area contributed by atoms with Crippen molar-refractivity contribution in [1.82, 2.24) is 5.32 Å². The zero-order valence-corrected chi connectivity index (χ0v) is 12.4. The van der Waals surface area contributed by atoms with E-state index >= 15 is 0 Å². The summed E-state index contributed by atoms with van der Waals surface area (Å²) in [6, 6.07) is 5.83. The maximum Gasteiger partial charge on any atom is 0.416 e. The van der Waals surface area contributed by atoms with Gasteiger partial charge in [0.05, 0.1) is 5.56 Å². The van der Waals surface area contributed by atoms with Crippen molar-refractivity contribution in [1.29, 1.82) is 0 Å². The molecule has 114 valence electrons. The van der Waals surface area contributed by atoms with Gasteiger partial charge in [0.15, 0.2) is 0 Å². The Hall–Kier alpha value is -1.03. The molecule has 0 radical (unpaired) electrons. The molecule has 2 atom stereocenters. The molecule has 0 heterocycles. The maximum absolute atomic E-state index is 12.5. The van der Waals surface area contributed by atoms with E-state index in [1.54, 1.807) is 12.1 Å². The second-order valence-electron chi connectivity index (χ2n) is 5.34. The van der Waals surface area contributed by atoms with Gasteiger partial charge in [0.2, 0.25) is 0 Å². The SMILES string of the molecule is CCCNC(Cc1ccc(C(F)(F)F)cc1)C(C)CC. The van der Waals surface area contributed by atoms with Crippen LogP contribution < -0.4 is 5.32 Å². The quantitative estimate of drug-likeness (QED) is 0.769. The van der Waals surface area contributed by atoms with Crippen LogP contribution in [0.4, 0.5) is 13.2 Å². The van der Waals surface area contributed by atoms with Crippen LogP contribution in [0.3, 0.4) is 0 Å². The molecule has 0 bridgehead atoms. The molecule has 0 saturated carbocycles. The van der Waals surface area contributed by atoms with Gasteiger partial charge in [-0.25, -0.2) is 0 Å². The molecule has 0 spiro atoms. The molecule has 0 aliphatic heterocycles. The molecule has 0 amide bonds. The van der Waals surface area contributed by atoms with E-state index in [9.17, 15) is 13.2 Å². The number of benzene rings is 1. The summed E-state index contributed by atoms with van der Waals surface area (Å²) in [5.41, 5.74) is 0.370. The zero-order valence-electron chi connectivity index (χ0n) is 12.4. The Balaban J connectivity index is 2.73. The first-order valence-electron chi connectivity index (χ1n) is 7.28. The van der Waals surface area contributed by atoms with Crippen molar-refractivity contribution in [2.75, 3.05) is 6.54 Å². The van der Waals surface area contributed by atoms with Crippen LogP contribution in [0, 0.1) is 5.92 Å². The first kappa shape index (κ1) is 17.0. The highest BCUT2D eigenvalue weighted by Crippen LogP contribution is 2.29. The summed E-state index contributed by atoms with van der Waals surface area (Å²) in [4.78, 5) is 0. The molecule has 2 unspecified atom stereocenters. The Kier molecular flexibility index (Phi) is 6.53. The van der Waals surface area contributed by atoms with E-state index in [0.717, 1.165) is 31.4 Å². The fourth-order valence-electron chi connectivity index (χ4n) is 2.17. The number of rotatable bonds is 7.